The summed E-state index contributed by atoms with van der Waals surface area (Å²) in [5.74, 6) is -0.202. The van der Waals surface area contributed by atoms with Crippen molar-refractivity contribution in [2.45, 2.75) is 24.9 Å². The Kier molecular flexibility index (Phi) is 6.15. The first-order chi connectivity index (χ1) is 14.5. The van der Waals surface area contributed by atoms with E-state index in [0.29, 0.717) is 32.5 Å². The average Bonchev–Trinajstić information content (AvgIpc) is 2.96. The third-order valence-electron chi connectivity index (χ3n) is 6.11. The zero-order chi connectivity index (χ0) is 21.0. The van der Waals surface area contributed by atoms with Gasteiger partial charge in [-0.1, -0.05) is 18.2 Å². The number of likely N-dealkylation sites (tertiary alicyclic amines) is 1. The molecule has 0 spiro atoms. The van der Waals surface area contributed by atoms with Gasteiger partial charge in [-0.15, -0.1) is 0 Å². The van der Waals surface area contributed by atoms with Gasteiger partial charge in [-0.3, -0.25) is 14.5 Å². The number of nitrogens with zero attached hydrogens (tertiary/aromatic N) is 4. The normalized spacial score (nSPS) is 23.2. The van der Waals surface area contributed by atoms with Gasteiger partial charge in [-0.05, 0) is 37.5 Å². The van der Waals surface area contributed by atoms with E-state index in [2.05, 4.69) is 44.3 Å². The maximum Gasteiger partial charge on any atom is 0.274 e. The van der Waals surface area contributed by atoms with Crippen LogP contribution in [-0.2, 0) is 0 Å². The van der Waals surface area contributed by atoms with Crippen LogP contribution in [0.3, 0.4) is 0 Å². The van der Waals surface area contributed by atoms with Crippen molar-refractivity contribution in [3.05, 3.63) is 58.5 Å². The fraction of sp³-hybridized carbons (Fsp3) is 0.500. The van der Waals surface area contributed by atoms with E-state index < -0.39 is 5.60 Å². The third-order valence-corrected chi connectivity index (χ3v) is 6.11. The van der Waals surface area contributed by atoms with E-state index in [0.717, 1.165) is 32.6 Å². The molecular formula is C22H29N5O3. The van der Waals surface area contributed by atoms with Crippen molar-refractivity contribution in [2.24, 2.45) is 0 Å². The highest BCUT2D eigenvalue weighted by molar-refractivity contribution is 5.92. The van der Waals surface area contributed by atoms with Crippen LogP contribution in [0.5, 0.6) is 0 Å². The standard InChI is InChI=1S/C22H29N5O3/c28-20-8-7-19(23-24-20)21(29)27-11-4-9-22(30,10-12-27)17-25-13-15-26(16-14-25)18-5-2-1-3-6-18/h1-3,5-8,30H,4,9-17H2,(H,24,28)/t22-/m0/s1. The Hall–Kier alpha value is -2.71. The van der Waals surface area contributed by atoms with Gasteiger partial charge in [0.2, 0.25) is 0 Å². The Balaban J connectivity index is 1.30. The quantitative estimate of drug-likeness (QED) is 0.778. The second-order valence-corrected chi connectivity index (χ2v) is 8.28. The number of rotatable bonds is 4. The predicted molar refractivity (Wildman–Crippen MR) is 115 cm³/mol. The van der Waals surface area contributed by atoms with Crippen LogP contribution in [0.15, 0.2) is 47.3 Å². The molecule has 0 aliphatic carbocycles. The van der Waals surface area contributed by atoms with E-state index in [4.69, 9.17) is 0 Å². The summed E-state index contributed by atoms with van der Waals surface area (Å²) in [5.41, 5.74) is 0.360. The van der Waals surface area contributed by atoms with Crippen molar-refractivity contribution in [1.29, 1.82) is 0 Å². The fourth-order valence-electron chi connectivity index (χ4n) is 4.38. The Labute approximate surface area is 176 Å². The van der Waals surface area contributed by atoms with Crippen LogP contribution < -0.4 is 10.5 Å². The van der Waals surface area contributed by atoms with Gasteiger partial charge in [-0.2, -0.15) is 5.10 Å². The molecule has 2 aliphatic heterocycles. The SMILES string of the molecule is O=C(c1ccc(=O)[nH]n1)N1CCC[C@@](O)(CN2CCN(c3ccccc3)CC2)CC1. The van der Waals surface area contributed by atoms with Gasteiger partial charge in [0, 0.05) is 57.6 Å². The number of nitrogens with one attached hydrogen (secondary N) is 1. The third kappa shape index (κ3) is 4.88. The second-order valence-electron chi connectivity index (χ2n) is 8.28. The fourth-order valence-corrected chi connectivity index (χ4v) is 4.38. The topological polar surface area (TPSA) is 92.8 Å². The van der Waals surface area contributed by atoms with E-state index >= 15 is 0 Å². The zero-order valence-electron chi connectivity index (χ0n) is 17.2. The highest BCUT2D eigenvalue weighted by Crippen LogP contribution is 2.25. The molecular weight excluding hydrogens is 382 g/mol. The lowest BCUT2D eigenvalue weighted by Gasteiger charge is -2.40. The van der Waals surface area contributed by atoms with Crippen LogP contribution in [0.25, 0.3) is 0 Å². The van der Waals surface area contributed by atoms with Crippen molar-refractivity contribution < 1.29 is 9.90 Å². The van der Waals surface area contributed by atoms with E-state index in [9.17, 15) is 14.7 Å². The summed E-state index contributed by atoms with van der Waals surface area (Å²) in [5, 5.41) is 17.4. The van der Waals surface area contributed by atoms with Gasteiger partial charge >= 0.3 is 0 Å². The largest absolute Gasteiger partial charge is 0.388 e. The van der Waals surface area contributed by atoms with Gasteiger partial charge < -0.3 is 14.9 Å². The van der Waals surface area contributed by atoms with Crippen molar-refractivity contribution in [2.75, 3.05) is 50.7 Å². The van der Waals surface area contributed by atoms with Crippen LogP contribution in [-0.4, -0.2) is 82.4 Å². The average molecular weight is 412 g/mol. The summed E-state index contributed by atoms with van der Waals surface area (Å²) in [7, 11) is 0. The van der Waals surface area contributed by atoms with Gasteiger partial charge in [0.25, 0.3) is 11.5 Å². The molecule has 2 saturated heterocycles. The molecule has 160 valence electrons. The first-order valence-electron chi connectivity index (χ1n) is 10.6. The van der Waals surface area contributed by atoms with Gasteiger partial charge in [0.1, 0.15) is 5.69 Å². The highest BCUT2D eigenvalue weighted by Gasteiger charge is 2.34. The lowest BCUT2D eigenvalue weighted by Crippen LogP contribution is -2.52. The molecule has 0 radical (unpaired) electrons. The van der Waals surface area contributed by atoms with Crippen molar-refractivity contribution in [3.8, 4) is 0 Å². The smallest absolute Gasteiger partial charge is 0.274 e. The molecule has 30 heavy (non-hydrogen) atoms. The number of carbonyl (C=O) groups is 1. The Morgan fingerprint density at radius 3 is 2.47 bits per heavy atom. The lowest BCUT2D eigenvalue weighted by molar-refractivity contribution is -0.00957. The molecule has 0 bridgehead atoms. The molecule has 3 heterocycles. The number of aliphatic hydroxyl groups is 1. The summed E-state index contributed by atoms with van der Waals surface area (Å²) in [4.78, 5) is 30.3. The van der Waals surface area contributed by atoms with Crippen LogP contribution in [0.1, 0.15) is 29.8 Å². The summed E-state index contributed by atoms with van der Waals surface area (Å²) < 4.78 is 0. The predicted octanol–water partition coefficient (Wildman–Crippen LogP) is 0.949. The number of anilines is 1. The summed E-state index contributed by atoms with van der Waals surface area (Å²) in [6, 6.07) is 13.2. The monoisotopic (exact) mass is 411 g/mol. The van der Waals surface area contributed by atoms with E-state index in [1.54, 1.807) is 4.90 Å². The Bertz CT molecular complexity index is 890. The molecule has 2 aromatic rings. The molecule has 2 N–H and O–H groups in total. The molecule has 8 heteroatoms. The minimum Gasteiger partial charge on any atom is -0.388 e. The first-order valence-corrected chi connectivity index (χ1v) is 10.6. The molecule has 1 aromatic carbocycles. The van der Waals surface area contributed by atoms with E-state index in [1.807, 2.05) is 6.07 Å². The van der Waals surface area contributed by atoms with E-state index in [1.165, 1.54) is 17.8 Å². The van der Waals surface area contributed by atoms with Crippen LogP contribution in [0.4, 0.5) is 5.69 Å². The molecule has 2 aliphatic rings. The van der Waals surface area contributed by atoms with Gasteiger partial charge in [0.05, 0.1) is 5.60 Å². The maximum absolute atomic E-state index is 12.7. The number of amides is 1. The zero-order valence-corrected chi connectivity index (χ0v) is 17.2. The highest BCUT2D eigenvalue weighted by atomic mass is 16.3. The number of benzene rings is 1. The molecule has 1 atom stereocenters. The summed E-state index contributed by atoms with van der Waals surface area (Å²) in [6.45, 7) is 5.44. The number of piperazine rings is 1. The number of aromatic amines is 1. The summed E-state index contributed by atoms with van der Waals surface area (Å²) >= 11 is 0. The molecule has 1 aromatic heterocycles. The van der Waals surface area contributed by atoms with Gasteiger partial charge in [0.15, 0.2) is 0 Å². The lowest BCUT2D eigenvalue weighted by atomic mass is 9.94. The van der Waals surface area contributed by atoms with Crippen molar-refractivity contribution >= 4 is 11.6 Å². The molecule has 0 saturated carbocycles. The minimum atomic E-state index is -0.789. The molecule has 2 fully saturated rings. The van der Waals surface area contributed by atoms with Crippen molar-refractivity contribution in [1.82, 2.24) is 20.0 Å². The number of hydrogen-bond acceptors (Lipinski definition) is 6. The van der Waals surface area contributed by atoms with E-state index in [-0.39, 0.29) is 17.2 Å². The molecule has 4 rings (SSSR count). The summed E-state index contributed by atoms with van der Waals surface area (Å²) in [6.07, 6.45) is 1.96. The number of aromatic nitrogens is 2. The molecule has 1 amide bonds. The number of carbonyl (C=O) groups excluding carboxylic acids is 1. The Morgan fingerprint density at radius 1 is 1.00 bits per heavy atom. The number of hydrogen-bond donors (Lipinski definition) is 2. The number of para-hydroxylation sites is 1. The Morgan fingerprint density at radius 2 is 1.77 bits per heavy atom. The second kappa shape index (κ2) is 8.97. The molecule has 0 unspecified atom stereocenters. The minimum absolute atomic E-state index is 0.202. The van der Waals surface area contributed by atoms with Gasteiger partial charge in [-0.25, -0.2) is 5.10 Å². The molecule has 8 nitrogen and oxygen atoms in total. The first kappa shape index (κ1) is 20.6. The maximum atomic E-state index is 12.7. The number of H-pyrrole nitrogens is 1. The van der Waals surface area contributed by atoms with Crippen LogP contribution in [0, 0.1) is 0 Å². The number of β-amino-alcohol motifs (C(OH)–C–C–N with tert-alkyl or cyclic N) is 1. The van der Waals surface area contributed by atoms with Crippen molar-refractivity contribution in [3.63, 3.8) is 0 Å². The van der Waals surface area contributed by atoms with Crippen LogP contribution >= 0.6 is 0 Å². The van der Waals surface area contributed by atoms with Crippen LogP contribution in [0.2, 0.25) is 0 Å².